The van der Waals surface area contributed by atoms with Crippen molar-refractivity contribution in [2.24, 2.45) is 0 Å². The van der Waals surface area contributed by atoms with Gasteiger partial charge in [0.25, 0.3) is 0 Å². The van der Waals surface area contributed by atoms with E-state index in [1.54, 1.807) is 4.74 Å². The molecule has 0 saturated carbocycles. The fraction of sp³-hybridized carbons (Fsp3) is 0.467. The molecule has 0 aliphatic heterocycles. The molecule has 0 radical (unpaired) electrons. The minimum atomic E-state index is -7.49. The van der Waals surface area contributed by atoms with Crippen LogP contribution in [0.4, 0.5) is 61.5 Å². The number of hydrogen-bond donors (Lipinski definition) is 0. The first-order valence-corrected chi connectivity index (χ1v) is 7.33. The topological polar surface area (TPSA) is 27.7 Å². The van der Waals surface area contributed by atoms with Crippen LogP contribution in [0.15, 0.2) is 24.3 Å². The van der Waals surface area contributed by atoms with Crippen molar-refractivity contribution in [3.8, 4) is 18.1 Å². The summed E-state index contributed by atoms with van der Waals surface area (Å²) in [6, 6.07) is -3.74. The molecule has 0 N–H and O–H groups in total. The van der Waals surface area contributed by atoms with Crippen LogP contribution in [0.5, 0.6) is 5.75 Å². The molecule has 0 fully saturated rings. The Morgan fingerprint density at radius 1 is 0.812 bits per heavy atom. The molecule has 0 bridgehead atoms. The Labute approximate surface area is 167 Å². The van der Waals surface area contributed by atoms with Gasteiger partial charge < -0.3 is 4.74 Å². The lowest BCUT2D eigenvalue weighted by Crippen LogP contribution is -2.61. The third-order valence-corrected chi connectivity index (χ3v) is 3.09. The van der Waals surface area contributed by atoms with Crippen LogP contribution in [0.25, 0.3) is 0 Å². The Kier molecular flexibility index (Phi) is 7.29. The third-order valence-electron chi connectivity index (χ3n) is 3.09. The molecule has 0 amide bonds. The first-order valence-electron chi connectivity index (χ1n) is 7.33. The van der Waals surface area contributed by atoms with Crippen molar-refractivity contribution in [1.29, 1.82) is 0 Å². The van der Waals surface area contributed by atoms with Crippen LogP contribution < -0.4 is 4.74 Å². The molecule has 17 heteroatoms. The lowest BCUT2D eigenvalue weighted by Gasteiger charge is -2.35. The summed E-state index contributed by atoms with van der Waals surface area (Å²) in [5, 5.41) is 0. The van der Waals surface area contributed by atoms with Crippen LogP contribution in [-0.2, 0) is 9.47 Å². The first-order chi connectivity index (χ1) is 14.1. The molecule has 3 nitrogen and oxygen atoms in total. The van der Waals surface area contributed by atoms with Crippen molar-refractivity contribution in [2.75, 3.05) is 0 Å². The Bertz CT molecular complexity index is 841. The smallest absolute Gasteiger partial charge is 0.428 e. The Morgan fingerprint density at radius 3 is 1.78 bits per heavy atom. The van der Waals surface area contributed by atoms with E-state index >= 15 is 0 Å². The molecule has 1 rings (SSSR count). The predicted octanol–water partition coefficient (Wildman–Crippen LogP) is 5.94. The molecule has 0 aliphatic carbocycles. The number of ether oxygens (including phenoxy) is 3. The van der Waals surface area contributed by atoms with E-state index in [9.17, 15) is 61.5 Å². The summed E-state index contributed by atoms with van der Waals surface area (Å²) in [5.41, 5.74) is -0.206. The molecule has 1 aromatic carbocycles. The highest BCUT2D eigenvalue weighted by Crippen LogP contribution is 2.52. The zero-order valence-corrected chi connectivity index (χ0v) is 14.5. The van der Waals surface area contributed by atoms with Crippen molar-refractivity contribution >= 4 is 0 Å². The maximum absolute atomic E-state index is 13.7. The van der Waals surface area contributed by atoms with Gasteiger partial charge in [-0.05, 0) is 18.2 Å². The molecule has 2 unspecified atom stereocenters. The molecule has 32 heavy (non-hydrogen) atoms. The zero-order chi connectivity index (χ0) is 25.4. The van der Waals surface area contributed by atoms with E-state index in [4.69, 9.17) is 6.42 Å². The highest BCUT2D eigenvalue weighted by atomic mass is 19.4. The molecule has 0 heterocycles. The van der Waals surface area contributed by atoms with Crippen LogP contribution in [0.3, 0.4) is 0 Å². The maximum atomic E-state index is 13.7. The number of hydrogen-bond acceptors (Lipinski definition) is 3. The number of benzene rings is 1. The maximum Gasteiger partial charge on any atom is 0.478 e. The Balaban J connectivity index is 3.23. The van der Waals surface area contributed by atoms with Crippen LogP contribution in [-0.4, -0.2) is 42.9 Å². The molecule has 0 aliphatic rings. The number of alkyl halides is 14. The van der Waals surface area contributed by atoms with Crippen LogP contribution in [0.2, 0.25) is 0 Å². The van der Waals surface area contributed by atoms with Gasteiger partial charge in [0.1, 0.15) is 5.75 Å². The molecule has 2 atom stereocenters. The summed E-state index contributed by atoms with van der Waals surface area (Å²) in [5.74, 6) is -6.71. The number of rotatable bonds is 8. The van der Waals surface area contributed by atoms with E-state index in [-0.39, 0.29) is 5.56 Å². The highest BCUT2D eigenvalue weighted by molar-refractivity contribution is 5.38. The van der Waals surface area contributed by atoms with Gasteiger partial charge in [-0.3, -0.25) is 4.74 Å². The fourth-order valence-electron chi connectivity index (χ4n) is 1.60. The van der Waals surface area contributed by atoms with E-state index in [0.717, 1.165) is 12.1 Å². The van der Waals surface area contributed by atoms with Gasteiger partial charge in [0.2, 0.25) is 0 Å². The third kappa shape index (κ3) is 5.65. The van der Waals surface area contributed by atoms with Crippen LogP contribution in [0.1, 0.15) is 5.56 Å². The van der Waals surface area contributed by atoms with E-state index in [1.165, 1.54) is 0 Å². The molecule has 182 valence electrons. The number of halogens is 14. The van der Waals surface area contributed by atoms with Gasteiger partial charge in [-0.15, -0.1) is 6.42 Å². The Hall–Kier alpha value is -2.48. The standard InChI is InChI=1S/C15H6F14O3/c1-2-7-4-3-5-8(6-7)30-10(17,18)9(16)31-15(29,13(24,25)26)32-14(27,28)11(19,20)12(21,22)23/h1,3-6,9H. The normalized spacial score (nSPS) is 16.8. The van der Waals surface area contributed by atoms with Gasteiger partial charge in [-0.25, -0.2) is 9.13 Å². The van der Waals surface area contributed by atoms with Crippen molar-refractivity contribution in [2.45, 2.75) is 42.9 Å². The van der Waals surface area contributed by atoms with Crippen molar-refractivity contribution in [3.63, 3.8) is 0 Å². The minimum Gasteiger partial charge on any atom is -0.428 e. The van der Waals surface area contributed by atoms with Gasteiger partial charge >= 0.3 is 42.9 Å². The second-order valence-electron chi connectivity index (χ2n) is 5.49. The summed E-state index contributed by atoms with van der Waals surface area (Å²) < 4.78 is 188. The summed E-state index contributed by atoms with van der Waals surface area (Å²) in [7, 11) is 0. The van der Waals surface area contributed by atoms with Crippen molar-refractivity contribution in [3.05, 3.63) is 29.8 Å². The number of terminal acetylenes is 1. The first kappa shape index (κ1) is 27.6. The van der Waals surface area contributed by atoms with Gasteiger partial charge in [0.15, 0.2) is 0 Å². The fourth-order valence-corrected chi connectivity index (χ4v) is 1.60. The lowest BCUT2D eigenvalue weighted by molar-refractivity contribution is -0.549. The summed E-state index contributed by atoms with van der Waals surface area (Å²) in [6.07, 6.45) is -27.7. The Morgan fingerprint density at radius 2 is 1.34 bits per heavy atom. The van der Waals surface area contributed by atoms with Gasteiger partial charge in [0.05, 0.1) is 0 Å². The zero-order valence-electron chi connectivity index (χ0n) is 14.5. The second-order valence-corrected chi connectivity index (χ2v) is 5.49. The summed E-state index contributed by atoms with van der Waals surface area (Å²) in [6.45, 7) is 0. The average molecular weight is 500 g/mol. The predicted molar refractivity (Wildman–Crippen MR) is 72.9 cm³/mol. The summed E-state index contributed by atoms with van der Waals surface area (Å²) >= 11 is 0. The van der Waals surface area contributed by atoms with Gasteiger partial charge in [-0.2, -0.15) is 57.1 Å². The molecular weight excluding hydrogens is 494 g/mol. The molecular formula is C15H6F14O3. The molecule has 0 spiro atoms. The largest absolute Gasteiger partial charge is 0.478 e. The van der Waals surface area contributed by atoms with Crippen molar-refractivity contribution in [1.82, 2.24) is 0 Å². The molecule has 0 saturated heterocycles. The van der Waals surface area contributed by atoms with Crippen LogP contribution in [0, 0.1) is 12.3 Å². The minimum absolute atomic E-state index is 0.206. The van der Waals surface area contributed by atoms with Gasteiger partial charge in [-0.1, -0.05) is 12.0 Å². The van der Waals surface area contributed by atoms with E-state index in [1.807, 2.05) is 5.92 Å². The molecule has 1 aromatic rings. The van der Waals surface area contributed by atoms with E-state index in [2.05, 4.69) is 9.47 Å². The molecule has 0 aromatic heterocycles. The van der Waals surface area contributed by atoms with E-state index in [0.29, 0.717) is 12.1 Å². The summed E-state index contributed by atoms with van der Waals surface area (Å²) in [4.78, 5) is 0. The van der Waals surface area contributed by atoms with E-state index < -0.39 is 48.6 Å². The quantitative estimate of drug-likeness (QED) is 0.251. The van der Waals surface area contributed by atoms with Crippen molar-refractivity contribution < 1.29 is 75.7 Å². The second kappa shape index (κ2) is 8.46. The SMILES string of the molecule is C#Cc1cccc(OC(F)(F)C(F)OC(F)(OC(F)(F)C(F)(F)C(F)(F)F)C(F)(F)F)c1. The monoisotopic (exact) mass is 500 g/mol. The highest BCUT2D eigenvalue weighted by Gasteiger charge is 2.79. The lowest BCUT2D eigenvalue weighted by atomic mass is 10.2. The van der Waals surface area contributed by atoms with Crippen LogP contribution >= 0.6 is 0 Å². The van der Waals surface area contributed by atoms with Gasteiger partial charge in [0, 0.05) is 5.56 Å². The average Bonchev–Trinajstić information content (AvgIpc) is 2.58.